The Balaban J connectivity index is 1.52. The summed E-state index contributed by atoms with van der Waals surface area (Å²) in [5.74, 6) is 0.717. The van der Waals surface area contributed by atoms with Gasteiger partial charge in [-0.2, -0.15) is 0 Å². The highest BCUT2D eigenvalue weighted by Gasteiger charge is 2.44. The quantitative estimate of drug-likeness (QED) is 0.790. The maximum absolute atomic E-state index is 12.7. The lowest BCUT2D eigenvalue weighted by molar-refractivity contribution is -0.00633. The van der Waals surface area contributed by atoms with Crippen molar-refractivity contribution in [3.63, 3.8) is 0 Å². The molecule has 0 radical (unpaired) electrons. The highest BCUT2D eigenvalue weighted by molar-refractivity contribution is 6.01. The van der Waals surface area contributed by atoms with Gasteiger partial charge in [0.2, 0.25) is 0 Å². The molecular formula is C20H21N3O3. The number of likely N-dealkylation sites (tertiary alicyclic amines) is 1. The van der Waals surface area contributed by atoms with Crippen molar-refractivity contribution in [2.24, 2.45) is 0 Å². The van der Waals surface area contributed by atoms with Crippen molar-refractivity contribution in [1.82, 2.24) is 14.9 Å². The number of Topliss-reactive ketones (excluding diaryl/α,β-unsaturated/α-hetero) is 1. The molecule has 0 bridgehead atoms. The predicted molar refractivity (Wildman–Crippen MR) is 95.4 cm³/mol. The smallest absolute Gasteiger partial charge is 0.274 e. The molecule has 0 atom stereocenters. The van der Waals surface area contributed by atoms with Crippen molar-refractivity contribution < 1.29 is 14.3 Å². The predicted octanol–water partition coefficient (Wildman–Crippen LogP) is 2.73. The monoisotopic (exact) mass is 351 g/mol. The Bertz CT molecular complexity index is 871. The van der Waals surface area contributed by atoms with Crippen LogP contribution in [0.1, 0.15) is 51.2 Å². The van der Waals surface area contributed by atoms with E-state index in [-0.39, 0.29) is 11.7 Å². The molecule has 1 saturated heterocycles. The van der Waals surface area contributed by atoms with Gasteiger partial charge in [-0.3, -0.25) is 14.6 Å². The van der Waals surface area contributed by atoms with Crippen molar-refractivity contribution >= 4 is 11.7 Å². The van der Waals surface area contributed by atoms with Gasteiger partial charge in [-0.1, -0.05) is 6.07 Å². The second-order valence-electron chi connectivity index (χ2n) is 7.23. The summed E-state index contributed by atoms with van der Waals surface area (Å²) in [4.78, 5) is 35.1. The van der Waals surface area contributed by atoms with Crippen LogP contribution < -0.4 is 4.74 Å². The summed E-state index contributed by atoms with van der Waals surface area (Å²) >= 11 is 0. The summed E-state index contributed by atoms with van der Waals surface area (Å²) < 4.78 is 6.36. The maximum Gasteiger partial charge on any atom is 0.274 e. The van der Waals surface area contributed by atoms with Crippen LogP contribution in [0.15, 0.2) is 30.7 Å². The zero-order chi connectivity index (χ0) is 18.3. The van der Waals surface area contributed by atoms with Gasteiger partial charge in [0.15, 0.2) is 5.78 Å². The zero-order valence-electron chi connectivity index (χ0n) is 15.0. The summed E-state index contributed by atoms with van der Waals surface area (Å²) in [6, 6.07) is 3.95. The molecule has 134 valence electrons. The van der Waals surface area contributed by atoms with E-state index in [2.05, 4.69) is 9.97 Å². The standard InChI is InChI=1S/C20H21N3O3/c1-13-9-14(2)18-15(10-13)17(24)11-20(26-18)3-7-23(8-4-20)19(25)16-12-21-5-6-22-16/h5-6,9-10,12H,3-4,7-8,11H2,1-2H3. The Hall–Kier alpha value is -2.76. The molecule has 0 unspecified atom stereocenters. The lowest BCUT2D eigenvalue weighted by atomic mass is 9.81. The molecule has 2 aliphatic heterocycles. The van der Waals surface area contributed by atoms with Crippen molar-refractivity contribution in [3.8, 4) is 5.75 Å². The van der Waals surface area contributed by atoms with E-state index in [0.717, 1.165) is 11.1 Å². The number of rotatable bonds is 1. The normalized spacial score (nSPS) is 18.4. The third-order valence-electron chi connectivity index (χ3n) is 5.26. The summed E-state index contributed by atoms with van der Waals surface area (Å²) in [5, 5.41) is 0. The van der Waals surface area contributed by atoms with E-state index in [1.807, 2.05) is 26.0 Å². The molecule has 2 aromatic rings. The number of hydrogen-bond acceptors (Lipinski definition) is 5. The third kappa shape index (κ3) is 2.85. The number of carbonyl (C=O) groups excluding carboxylic acids is 2. The number of ether oxygens (including phenoxy) is 1. The Kier molecular flexibility index (Phi) is 3.98. The molecule has 6 heteroatoms. The van der Waals surface area contributed by atoms with Crippen LogP contribution in [0.25, 0.3) is 0 Å². The Labute approximate surface area is 152 Å². The molecule has 3 heterocycles. The number of nitrogens with zero attached hydrogens (tertiary/aromatic N) is 3. The van der Waals surface area contributed by atoms with Gasteiger partial charge in [0, 0.05) is 38.3 Å². The summed E-state index contributed by atoms with van der Waals surface area (Å²) in [6.07, 6.45) is 6.19. The average Bonchev–Trinajstić information content (AvgIpc) is 2.64. The first kappa shape index (κ1) is 16.7. The minimum absolute atomic E-state index is 0.123. The first-order chi connectivity index (χ1) is 12.5. The lowest BCUT2D eigenvalue weighted by Gasteiger charge is -2.44. The molecule has 2 aliphatic rings. The molecule has 1 fully saturated rings. The SMILES string of the molecule is Cc1cc(C)c2c(c1)C(=O)CC1(CCN(C(=O)c3cnccn3)CC1)O2. The van der Waals surface area contributed by atoms with Crippen LogP contribution in [0.4, 0.5) is 0 Å². The molecule has 1 aromatic carbocycles. The van der Waals surface area contributed by atoms with Gasteiger partial charge in [-0.25, -0.2) is 4.98 Å². The van der Waals surface area contributed by atoms with E-state index in [1.54, 1.807) is 11.1 Å². The van der Waals surface area contributed by atoms with E-state index in [1.165, 1.54) is 12.4 Å². The second kappa shape index (κ2) is 6.20. The largest absolute Gasteiger partial charge is 0.486 e. The molecule has 26 heavy (non-hydrogen) atoms. The van der Waals surface area contributed by atoms with Gasteiger partial charge in [-0.05, 0) is 31.0 Å². The molecule has 4 rings (SSSR count). The van der Waals surface area contributed by atoms with Crippen molar-refractivity contribution in [2.75, 3.05) is 13.1 Å². The van der Waals surface area contributed by atoms with E-state index in [0.29, 0.717) is 49.4 Å². The zero-order valence-corrected chi connectivity index (χ0v) is 15.0. The lowest BCUT2D eigenvalue weighted by Crippen LogP contribution is -2.52. The minimum Gasteiger partial charge on any atom is -0.486 e. The number of aryl methyl sites for hydroxylation is 2. The van der Waals surface area contributed by atoms with Crippen LogP contribution in [-0.2, 0) is 0 Å². The summed E-state index contributed by atoms with van der Waals surface area (Å²) in [7, 11) is 0. The summed E-state index contributed by atoms with van der Waals surface area (Å²) in [6.45, 7) is 5.05. The van der Waals surface area contributed by atoms with Crippen molar-refractivity contribution in [2.45, 2.75) is 38.7 Å². The number of piperidine rings is 1. The van der Waals surface area contributed by atoms with Gasteiger partial charge in [-0.15, -0.1) is 0 Å². The van der Waals surface area contributed by atoms with Gasteiger partial charge in [0.05, 0.1) is 18.2 Å². The average molecular weight is 351 g/mol. The van der Waals surface area contributed by atoms with E-state index in [9.17, 15) is 9.59 Å². The highest BCUT2D eigenvalue weighted by Crippen LogP contribution is 2.41. The topological polar surface area (TPSA) is 72.4 Å². The first-order valence-corrected chi connectivity index (χ1v) is 8.86. The Morgan fingerprint density at radius 3 is 2.65 bits per heavy atom. The molecule has 0 N–H and O–H groups in total. The molecular weight excluding hydrogens is 330 g/mol. The van der Waals surface area contributed by atoms with Gasteiger partial charge in [0.1, 0.15) is 17.0 Å². The molecule has 1 amide bonds. The van der Waals surface area contributed by atoms with Crippen molar-refractivity contribution in [3.05, 3.63) is 53.1 Å². The van der Waals surface area contributed by atoms with Crippen LogP contribution in [0.2, 0.25) is 0 Å². The number of fused-ring (bicyclic) bond motifs is 1. The number of aromatic nitrogens is 2. The number of carbonyl (C=O) groups is 2. The van der Waals surface area contributed by atoms with E-state index >= 15 is 0 Å². The molecule has 6 nitrogen and oxygen atoms in total. The van der Waals surface area contributed by atoms with Crippen LogP contribution in [0.5, 0.6) is 5.75 Å². The van der Waals surface area contributed by atoms with Gasteiger partial charge in [0.25, 0.3) is 5.91 Å². The van der Waals surface area contributed by atoms with E-state index < -0.39 is 5.60 Å². The molecule has 0 aliphatic carbocycles. The second-order valence-corrected chi connectivity index (χ2v) is 7.23. The van der Waals surface area contributed by atoms with Gasteiger partial charge < -0.3 is 9.64 Å². The molecule has 1 aromatic heterocycles. The van der Waals surface area contributed by atoms with E-state index in [4.69, 9.17) is 4.74 Å². The number of ketones is 1. The minimum atomic E-state index is -0.511. The molecule has 0 saturated carbocycles. The van der Waals surface area contributed by atoms with Crippen LogP contribution in [-0.4, -0.2) is 45.2 Å². The first-order valence-electron chi connectivity index (χ1n) is 8.86. The van der Waals surface area contributed by atoms with Crippen LogP contribution in [0, 0.1) is 13.8 Å². The maximum atomic E-state index is 12.7. The third-order valence-corrected chi connectivity index (χ3v) is 5.26. The van der Waals surface area contributed by atoms with Crippen LogP contribution in [0.3, 0.4) is 0 Å². The fraction of sp³-hybridized carbons (Fsp3) is 0.400. The fourth-order valence-corrected chi connectivity index (χ4v) is 3.91. The Morgan fingerprint density at radius 2 is 1.96 bits per heavy atom. The molecule has 1 spiro atoms. The van der Waals surface area contributed by atoms with Crippen LogP contribution >= 0.6 is 0 Å². The van der Waals surface area contributed by atoms with Crippen molar-refractivity contribution in [1.29, 1.82) is 0 Å². The number of benzene rings is 1. The fourth-order valence-electron chi connectivity index (χ4n) is 3.91. The Morgan fingerprint density at radius 1 is 1.19 bits per heavy atom. The summed E-state index contributed by atoms with van der Waals surface area (Å²) in [5.41, 5.74) is 2.58. The number of hydrogen-bond donors (Lipinski definition) is 0. The number of amides is 1. The van der Waals surface area contributed by atoms with Gasteiger partial charge >= 0.3 is 0 Å². The highest BCUT2D eigenvalue weighted by atomic mass is 16.5.